The average molecular weight is 327 g/mol. The number of aromatic nitrogens is 3. The van der Waals surface area contributed by atoms with E-state index in [4.69, 9.17) is 4.74 Å². The lowest BCUT2D eigenvalue weighted by Gasteiger charge is -2.42. The minimum Gasteiger partial charge on any atom is -0.378 e. The molecule has 1 saturated carbocycles. The second-order valence-electron chi connectivity index (χ2n) is 6.96. The van der Waals surface area contributed by atoms with E-state index in [1.165, 1.54) is 18.5 Å². The lowest BCUT2D eigenvalue weighted by molar-refractivity contribution is -0.140. The van der Waals surface area contributed by atoms with E-state index in [0.29, 0.717) is 19.1 Å². The van der Waals surface area contributed by atoms with E-state index in [-0.39, 0.29) is 11.8 Å². The van der Waals surface area contributed by atoms with Crippen LogP contribution < -0.4 is 4.90 Å². The van der Waals surface area contributed by atoms with Gasteiger partial charge in [0.2, 0.25) is 5.91 Å². The standard InChI is InChI=1S/C17H21N5O2/c23-17(20-5-7-24-8-6-20)13-10-21(11-13)16-15-9-14(12-1-2-12)19-22(15)4-3-18-16/h3-4,9,12-13H,1-2,5-8,10-11H2. The SMILES string of the molecule is O=C(C1CN(c2nccn3nc(C4CC4)cc23)C1)N1CCOCC1. The third-order valence-electron chi connectivity index (χ3n) is 5.24. The molecule has 0 aromatic carbocycles. The van der Waals surface area contributed by atoms with Crippen LogP contribution in [0.3, 0.4) is 0 Å². The molecule has 2 aromatic heterocycles. The van der Waals surface area contributed by atoms with Crippen LogP contribution in [0.15, 0.2) is 18.5 Å². The molecule has 2 aliphatic heterocycles. The summed E-state index contributed by atoms with van der Waals surface area (Å²) in [5.41, 5.74) is 2.22. The van der Waals surface area contributed by atoms with Crippen LogP contribution in [0.25, 0.3) is 5.52 Å². The van der Waals surface area contributed by atoms with Gasteiger partial charge in [0.15, 0.2) is 5.82 Å². The molecule has 24 heavy (non-hydrogen) atoms. The van der Waals surface area contributed by atoms with E-state index in [9.17, 15) is 4.79 Å². The summed E-state index contributed by atoms with van der Waals surface area (Å²) in [7, 11) is 0. The Balaban J connectivity index is 1.32. The fourth-order valence-corrected chi connectivity index (χ4v) is 3.60. The normalized spacial score (nSPS) is 22.0. The molecule has 7 heteroatoms. The monoisotopic (exact) mass is 327 g/mol. The third-order valence-corrected chi connectivity index (χ3v) is 5.24. The molecule has 1 amide bonds. The number of hydrogen-bond acceptors (Lipinski definition) is 5. The highest BCUT2D eigenvalue weighted by atomic mass is 16.5. The first-order valence-corrected chi connectivity index (χ1v) is 8.75. The van der Waals surface area contributed by atoms with Crippen molar-refractivity contribution < 1.29 is 9.53 Å². The molecule has 4 heterocycles. The first-order valence-electron chi connectivity index (χ1n) is 8.75. The first kappa shape index (κ1) is 14.2. The van der Waals surface area contributed by atoms with Crippen LogP contribution in [0, 0.1) is 5.92 Å². The summed E-state index contributed by atoms with van der Waals surface area (Å²) < 4.78 is 7.25. The fourth-order valence-electron chi connectivity index (χ4n) is 3.60. The summed E-state index contributed by atoms with van der Waals surface area (Å²) in [5, 5.41) is 4.66. The van der Waals surface area contributed by atoms with Gasteiger partial charge < -0.3 is 14.5 Å². The summed E-state index contributed by atoms with van der Waals surface area (Å²) in [6, 6.07) is 2.16. The highest BCUT2D eigenvalue weighted by Crippen LogP contribution is 2.40. The Labute approximate surface area is 140 Å². The number of morpholine rings is 1. The zero-order chi connectivity index (χ0) is 16.1. The van der Waals surface area contributed by atoms with E-state index in [1.54, 1.807) is 6.20 Å². The maximum absolute atomic E-state index is 12.5. The lowest BCUT2D eigenvalue weighted by Crippen LogP contribution is -2.56. The van der Waals surface area contributed by atoms with Crippen LogP contribution in [0.1, 0.15) is 24.5 Å². The van der Waals surface area contributed by atoms with Gasteiger partial charge >= 0.3 is 0 Å². The lowest BCUT2D eigenvalue weighted by atomic mass is 9.98. The summed E-state index contributed by atoms with van der Waals surface area (Å²) in [5.74, 6) is 1.91. The van der Waals surface area contributed by atoms with Gasteiger partial charge in [0.25, 0.3) is 0 Å². The Kier molecular flexibility index (Phi) is 3.22. The largest absolute Gasteiger partial charge is 0.378 e. The minimum atomic E-state index is 0.0796. The zero-order valence-electron chi connectivity index (χ0n) is 13.6. The summed E-state index contributed by atoms with van der Waals surface area (Å²) >= 11 is 0. The van der Waals surface area contributed by atoms with Gasteiger partial charge in [0, 0.05) is 44.5 Å². The smallest absolute Gasteiger partial charge is 0.229 e. The molecule has 0 atom stereocenters. The maximum atomic E-state index is 12.5. The van der Waals surface area contributed by atoms with E-state index in [0.717, 1.165) is 37.5 Å². The second kappa shape index (κ2) is 5.44. The molecule has 0 unspecified atom stereocenters. The van der Waals surface area contributed by atoms with Crippen LogP contribution in [0.4, 0.5) is 5.82 Å². The van der Waals surface area contributed by atoms with Crippen molar-refractivity contribution in [2.45, 2.75) is 18.8 Å². The van der Waals surface area contributed by atoms with Gasteiger partial charge in [0.1, 0.15) is 5.52 Å². The topological polar surface area (TPSA) is 63.0 Å². The van der Waals surface area contributed by atoms with Gasteiger partial charge in [-0.1, -0.05) is 0 Å². The molecular formula is C17H21N5O2. The number of hydrogen-bond donors (Lipinski definition) is 0. The number of rotatable bonds is 3. The molecule has 0 bridgehead atoms. The number of amides is 1. The minimum absolute atomic E-state index is 0.0796. The highest BCUT2D eigenvalue weighted by molar-refractivity contribution is 5.83. The Morgan fingerprint density at radius 1 is 1.21 bits per heavy atom. The van der Waals surface area contributed by atoms with Gasteiger partial charge in [-0.25, -0.2) is 9.50 Å². The number of nitrogens with zero attached hydrogens (tertiary/aromatic N) is 5. The van der Waals surface area contributed by atoms with Crippen molar-refractivity contribution in [3.8, 4) is 0 Å². The fraction of sp³-hybridized carbons (Fsp3) is 0.588. The number of carbonyl (C=O) groups is 1. The molecule has 7 nitrogen and oxygen atoms in total. The van der Waals surface area contributed by atoms with Crippen molar-refractivity contribution in [2.75, 3.05) is 44.3 Å². The van der Waals surface area contributed by atoms with Crippen molar-refractivity contribution in [1.29, 1.82) is 0 Å². The molecule has 2 saturated heterocycles. The highest BCUT2D eigenvalue weighted by Gasteiger charge is 2.37. The molecule has 3 aliphatic rings. The van der Waals surface area contributed by atoms with Gasteiger partial charge in [-0.2, -0.15) is 5.10 Å². The van der Waals surface area contributed by atoms with E-state index in [1.807, 2.05) is 15.6 Å². The van der Waals surface area contributed by atoms with E-state index < -0.39 is 0 Å². The number of fused-ring (bicyclic) bond motifs is 1. The molecule has 0 N–H and O–H groups in total. The van der Waals surface area contributed by atoms with Crippen LogP contribution >= 0.6 is 0 Å². The van der Waals surface area contributed by atoms with E-state index in [2.05, 4.69) is 21.0 Å². The molecular weight excluding hydrogens is 306 g/mol. The quantitative estimate of drug-likeness (QED) is 0.838. The molecule has 2 aromatic rings. The summed E-state index contributed by atoms with van der Waals surface area (Å²) in [6.45, 7) is 4.23. The number of ether oxygens (including phenoxy) is 1. The van der Waals surface area contributed by atoms with Gasteiger partial charge in [-0.3, -0.25) is 4.79 Å². The summed E-state index contributed by atoms with van der Waals surface area (Å²) in [4.78, 5) is 21.2. The molecule has 5 rings (SSSR count). The predicted molar refractivity (Wildman–Crippen MR) is 88.1 cm³/mol. The first-order chi connectivity index (χ1) is 11.8. The average Bonchev–Trinajstić information content (AvgIpc) is 3.33. The van der Waals surface area contributed by atoms with E-state index >= 15 is 0 Å². The van der Waals surface area contributed by atoms with Crippen molar-refractivity contribution in [3.63, 3.8) is 0 Å². The van der Waals surface area contributed by atoms with Crippen molar-refractivity contribution in [3.05, 3.63) is 24.2 Å². The van der Waals surface area contributed by atoms with Crippen LogP contribution in [-0.4, -0.2) is 64.8 Å². The van der Waals surface area contributed by atoms with Crippen LogP contribution in [0.2, 0.25) is 0 Å². The Morgan fingerprint density at radius 2 is 2.00 bits per heavy atom. The Hall–Kier alpha value is -2.15. The van der Waals surface area contributed by atoms with Crippen molar-refractivity contribution in [1.82, 2.24) is 19.5 Å². The molecule has 0 spiro atoms. The Bertz CT molecular complexity index is 772. The molecule has 126 valence electrons. The molecule has 1 aliphatic carbocycles. The van der Waals surface area contributed by atoms with Gasteiger partial charge in [0.05, 0.1) is 24.8 Å². The van der Waals surface area contributed by atoms with Gasteiger partial charge in [-0.15, -0.1) is 0 Å². The molecule has 3 fully saturated rings. The third kappa shape index (κ3) is 2.34. The van der Waals surface area contributed by atoms with Crippen molar-refractivity contribution >= 4 is 17.2 Å². The number of carbonyl (C=O) groups excluding carboxylic acids is 1. The maximum Gasteiger partial charge on any atom is 0.229 e. The predicted octanol–water partition coefficient (Wildman–Crippen LogP) is 0.902. The molecule has 0 radical (unpaired) electrons. The zero-order valence-corrected chi connectivity index (χ0v) is 13.6. The van der Waals surface area contributed by atoms with Crippen LogP contribution in [0.5, 0.6) is 0 Å². The van der Waals surface area contributed by atoms with Crippen molar-refractivity contribution in [2.24, 2.45) is 5.92 Å². The summed E-state index contributed by atoms with van der Waals surface area (Å²) in [6.07, 6.45) is 6.18. The Morgan fingerprint density at radius 3 is 2.75 bits per heavy atom. The number of anilines is 1. The van der Waals surface area contributed by atoms with Gasteiger partial charge in [-0.05, 0) is 18.9 Å². The van der Waals surface area contributed by atoms with Crippen LogP contribution in [-0.2, 0) is 9.53 Å². The second-order valence-corrected chi connectivity index (χ2v) is 6.96.